The minimum atomic E-state index is 0.454. The maximum absolute atomic E-state index is 5.89. The average Bonchev–Trinajstić information content (AvgIpc) is 2.63. The number of nitrogen functional groups attached to an aromatic ring is 2. The lowest BCUT2D eigenvalue weighted by molar-refractivity contribution is 0.0722. The molecule has 2 aromatic rings. The number of nitrogens with two attached hydrogens (primary N) is 2. The second kappa shape index (κ2) is 8.99. The predicted octanol–water partition coefficient (Wildman–Crippen LogP) is 3.15. The van der Waals surface area contributed by atoms with Gasteiger partial charge in [-0.1, -0.05) is 17.8 Å². The van der Waals surface area contributed by atoms with E-state index in [1.165, 1.54) is 0 Å². The van der Waals surface area contributed by atoms with Crippen molar-refractivity contribution in [2.75, 3.05) is 37.8 Å². The number of hydrogen-bond acceptors (Lipinski definition) is 6. The van der Waals surface area contributed by atoms with Gasteiger partial charge in [-0.25, -0.2) is 0 Å². The molecule has 134 valence electrons. The summed E-state index contributed by atoms with van der Waals surface area (Å²) in [5.74, 6) is 0.890. The molecule has 6 heteroatoms. The molecular weight excluding hydrogens is 334 g/mol. The molecule has 1 aliphatic heterocycles. The Hall–Kier alpha value is -1.89. The first-order chi connectivity index (χ1) is 12.2. The highest BCUT2D eigenvalue weighted by Gasteiger charge is 2.12. The molecule has 1 heterocycles. The van der Waals surface area contributed by atoms with Crippen molar-refractivity contribution < 1.29 is 9.47 Å². The molecule has 5 nitrogen and oxygen atoms in total. The van der Waals surface area contributed by atoms with Gasteiger partial charge < -0.3 is 26.3 Å². The highest BCUT2D eigenvalue weighted by Crippen LogP contribution is 2.32. The summed E-state index contributed by atoms with van der Waals surface area (Å²) in [7, 11) is 0. The molecule has 0 aliphatic carbocycles. The van der Waals surface area contributed by atoms with Crippen molar-refractivity contribution in [2.45, 2.75) is 28.7 Å². The zero-order valence-corrected chi connectivity index (χ0v) is 15.1. The van der Waals surface area contributed by atoms with Gasteiger partial charge in [-0.15, -0.1) is 0 Å². The summed E-state index contributed by atoms with van der Waals surface area (Å²) in [4.78, 5) is 2.18. The van der Waals surface area contributed by atoms with Gasteiger partial charge in [0.25, 0.3) is 0 Å². The maximum Gasteiger partial charge on any atom is 0.120 e. The van der Waals surface area contributed by atoms with Crippen LogP contribution in [0.2, 0.25) is 0 Å². The number of benzene rings is 2. The van der Waals surface area contributed by atoms with E-state index in [1.807, 2.05) is 30.3 Å². The lowest BCUT2D eigenvalue weighted by Crippen LogP contribution is -2.41. The molecule has 5 N–H and O–H groups in total. The third kappa shape index (κ3) is 5.56. The number of hydrogen-bond donors (Lipinski definition) is 3. The van der Waals surface area contributed by atoms with Gasteiger partial charge in [-0.2, -0.15) is 0 Å². The zero-order valence-electron chi connectivity index (χ0n) is 14.2. The van der Waals surface area contributed by atoms with E-state index < -0.39 is 0 Å². The first kappa shape index (κ1) is 17.9. The van der Waals surface area contributed by atoms with Crippen molar-refractivity contribution in [3.8, 4) is 5.75 Å². The van der Waals surface area contributed by atoms with E-state index >= 15 is 0 Å². The highest BCUT2D eigenvalue weighted by molar-refractivity contribution is 7.99. The SMILES string of the molecule is Nc1ccc(Sc2cccc(OCCCC3COCCN3)c2)cc1N. The van der Waals surface area contributed by atoms with Gasteiger partial charge in [0.1, 0.15) is 5.75 Å². The number of nitrogens with one attached hydrogen (secondary N) is 1. The van der Waals surface area contributed by atoms with Crippen LogP contribution in [0.3, 0.4) is 0 Å². The molecule has 3 rings (SSSR count). The van der Waals surface area contributed by atoms with Crippen molar-refractivity contribution in [3.63, 3.8) is 0 Å². The Balaban J connectivity index is 1.48. The Labute approximate surface area is 153 Å². The van der Waals surface area contributed by atoms with Gasteiger partial charge in [-0.05, 0) is 49.2 Å². The van der Waals surface area contributed by atoms with Crippen LogP contribution < -0.4 is 21.5 Å². The molecule has 1 aliphatic rings. The average molecular weight is 359 g/mol. The predicted molar refractivity (Wildman–Crippen MR) is 103 cm³/mol. The summed E-state index contributed by atoms with van der Waals surface area (Å²) in [5, 5.41) is 3.46. The van der Waals surface area contributed by atoms with Gasteiger partial charge in [0.05, 0.1) is 31.2 Å². The van der Waals surface area contributed by atoms with Crippen LogP contribution in [0.15, 0.2) is 52.3 Å². The van der Waals surface area contributed by atoms with Gasteiger partial charge in [0.15, 0.2) is 0 Å². The van der Waals surface area contributed by atoms with Crippen LogP contribution in [0, 0.1) is 0 Å². The van der Waals surface area contributed by atoms with Crippen LogP contribution in [0.25, 0.3) is 0 Å². The van der Waals surface area contributed by atoms with E-state index in [9.17, 15) is 0 Å². The van der Waals surface area contributed by atoms with E-state index in [4.69, 9.17) is 20.9 Å². The third-order valence-electron chi connectivity index (χ3n) is 4.06. The molecule has 2 aromatic carbocycles. The van der Waals surface area contributed by atoms with Crippen molar-refractivity contribution in [1.82, 2.24) is 5.32 Å². The lowest BCUT2D eigenvalue weighted by atomic mass is 10.1. The van der Waals surface area contributed by atoms with Crippen molar-refractivity contribution >= 4 is 23.1 Å². The Morgan fingerprint density at radius 1 is 1.12 bits per heavy atom. The van der Waals surface area contributed by atoms with Gasteiger partial charge in [0, 0.05) is 22.4 Å². The zero-order chi connectivity index (χ0) is 17.5. The topological polar surface area (TPSA) is 82.5 Å². The second-order valence-electron chi connectivity index (χ2n) is 6.08. The molecule has 0 spiro atoms. The van der Waals surface area contributed by atoms with Gasteiger partial charge in [0.2, 0.25) is 0 Å². The molecule has 25 heavy (non-hydrogen) atoms. The summed E-state index contributed by atoms with van der Waals surface area (Å²) in [6.07, 6.45) is 2.08. The van der Waals surface area contributed by atoms with Gasteiger partial charge in [-0.3, -0.25) is 0 Å². The largest absolute Gasteiger partial charge is 0.494 e. The summed E-state index contributed by atoms with van der Waals surface area (Å²) >= 11 is 1.64. The molecule has 0 saturated carbocycles. The van der Waals surface area contributed by atoms with Crippen LogP contribution in [-0.4, -0.2) is 32.4 Å². The molecule has 0 radical (unpaired) electrons. The van der Waals surface area contributed by atoms with Crippen molar-refractivity contribution in [1.29, 1.82) is 0 Å². The van der Waals surface area contributed by atoms with E-state index in [-0.39, 0.29) is 0 Å². The fraction of sp³-hybridized carbons (Fsp3) is 0.368. The van der Waals surface area contributed by atoms with E-state index in [0.29, 0.717) is 24.0 Å². The van der Waals surface area contributed by atoms with Gasteiger partial charge >= 0.3 is 0 Å². The minimum Gasteiger partial charge on any atom is -0.494 e. The fourth-order valence-electron chi connectivity index (χ4n) is 2.70. The molecule has 0 bridgehead atoms. The van der Waals surface area contributed by atoms with Crippen LogP contribution in [0.1, 0.15) is 12.8 Å². The standard InChI is InChI=1S/C19H25N3O2S/c20-18-7-6-17(12-19(18)21)25-16-5-1-4-15(11-16)24-9-2-3-14-13-23-10-8-22-14/h1,4-7,11-12,14,22H,2-3,8-10,13,20-21H2. The first-order valence-corrected chi connectivity index (χ1v) is 9.39. The van der Waals surface area contributed by atoms with E-state index in [1.54, 1.807) is 11.8 Å². The fourth-order valence-corrected chi connectivity index (χ4v) is 3.62. The quantitative estimate of drug-likeness (QED) is 0.520. The first-order valence-electron chi connectivity index (χ1n) is 8.57. The Morgan fingerprint density at radius 2 is 2.00 bits per heavy atom. The highest BCUT2D eigenvalue weighted by atomic mass is 32.2. The molecule has 0 amide bonds. The Kier molecular flexibility index (Phi) is 6.44. The maximum atomic E-state index is 5.89. The summed E-state index contributed by atoms with van der Waals surface area (Å²) in [6.45, 7) is 3.27. The van der Waals surface area contributed by atoms with Crippen LogP contribution in [0.4, 0.5) is 11.4 Å². The summed E-state index contributed by atoms with van der Waals surface area (Å²) in [5.41, 5.74) is 12.9. The molecule has 1 fully saturated rings. The second-order valence-corrected chi connectivity index (χ2v) is 7.23. The third-order valence-corrected chi connectivity index (χ3v) is 5.04. The van der Waals surface area contributed by atoms with Crippen molar-refractivity contribution in [3.05, 3.63) is 42.5 Å². The summed E-state index contributed by atoms with van der Waals surface area (Å²) in [6, 6.07) is 14.3. The molecule has 1 atom stereocenters. The molecule has 0 aromatic heterocycles. The van der Waals surface area contributed by atoms with E-state index in [0.717, 1.165) is 48.1 Å². The van der Waals surface area contributed by atoms with Crippen molar-refractivity contribution in [2.24, 2.45) is 0 Å². The molecular formula is C19H25N3O2S. The monoisotopic (exact) mass is 359 g/mol. The van der Waals surface area contributed by atoms with Crippen LogP contribution in [0.5, 0.6) is 5.75 Å². The smallest absolute Gasteiger partial charge is 0.120 e. The molecule has 1 unspecified atom stereocenters. The van der Waals surface area contributed by atoms with Crippen LogP contribution >= 0.6 is 11.8 Å². The minimum absolute atomic E-state index is 0.454. The van der Waals surface area contributed by atoms with Crippen LogP contribution in [-0.2, 0) is 4.74 Å². The summed E-state index contributed by atoms with van der Waals surface area (Å²) < 4.78 is 11.4. The Morgan fingerprint density at radius 3 is 2.80 bits per heavy atom. The Bertz CT molecular complexity index is 690. The molecule has 1 saturated heterocycles. The van der Waals surface area contributed by atoms with E-state index in [2.05, 4.69) is 17.4 Å². The number of ether oxygens (including phenoxy) is 2. The number of anilines is 2. The lowest BCUT2D eigenvalue weighted by Gasteiger charge is -2.23. The normalized spacial score (nSPS) is 17.4. The number of rotatable bonds is 7. The number of morpholine rings is 1.